The van der Waals surface area contributed by atoms with E-state index >= 15 is 0 Å². The van der Waals surface area contributed by atoms with Crippen molar-refractivity contribution in [2.24, 2.45) is 0 Å². The average molecular weight is 634 g/mol. The molecule has 1 amide bonds. The molecule has 0 aliphatic carbocycles. The van der Waals surface area contributed by atoms with Crippen LogP contribution in [0.4, 0.5) is 5.69 Å². The largest absolute Gasteiger partial charge is 0.491 e. The fourth-order valence-corrected chi connectivity index (χ4v) is 7.50. The van der Waals surface area contributed by atoms with Gasteiger partial charge < -0.3 is 14.2 Å². The molecule has 1 aromatic carbocycles. The highest BCUT2D eigenvalue weighted by Crippen LogP contribution is 2.33. The van der Waals surface area contributed by atoms with Crippen LogP contribution in [-0.2, 0) is 39.6 Å². The SMILES string of the molecule is CCCCCS(=O)(=O)NC(=O)/C=C/c1ccc(OCCOC)cc1Oc1ncc(N(S(C)(=O)=O)S(C)(=O)=O)cc1C. The van der Waals surface area contributed by atoms with E-state index in [9.17, 15) is 30.0 Å². The second-order valence-corrected chi connectivity index (χ2v) is 14.7. The highest BCUT2D eigenvalue weighted by atomic mass is 32.3. The maximum absolute atomic E-state index is 12.3. The van der Waals surface area contributed by atoms with Crippen LogP contribution in [0.15, 0.2) is 36.5 Å². The molecule has 1 aromatic heterocycles. The van der Waals surface area contributed by atoms with Crippen molar-refractivity contribution < 1.29 is 44.3 Å². The third kappa shape index (κ3) is 10.9. The maximum atomic E-state index is 12.3. The normalized spacial score (nSPS) is 12.3. The monoisotopic (exact) mass is 633 g/mol. The fourth-order valence-electron chi connectivity index (χ4n) is 3.51. The van der Waals surface area contributed by atoms with Crippen LogP contribution in [-0.4, -0.2) is 74.7 Å². The Morgan fingerprint density at radius 2 is 1.71 bits per heavy atom. The Morgan fingerprint density at radius 1 is 1.02 bits per heavy atom. The molecule has 0 atom stereocenters. The van der Waals surface area contributed by atoms with Crippen LogP contribution in [0, 0.1) is 6.92 Å². The van der Waals surface area contributed by atoms with Crippen molar-refractivity contribution >= 4 is 47.7 Å². The van der Waals surface area contributed by atoms with E-state index in [2.05, 4.69) is 4.98 Å². The zero-order chi connectivity index (χ0) is 30.8. The van der Waals surface area contributed by atoms with Gasteiger partial charge in [0, 0.05) is 30.4 Å². The molecule has 0 aliphatic rings. The van der Waals surface area contributed by atoms with E-state index < -0.39 is 36.0 Å². The summed E-state index contributed by atoms with van der Waals surface area (Å²) in [5.74, 6) is -0.428. The van der Waals surface area contributed by atoms with Crippen LogP contribution in [0.2, 0.25) is 0 Å². The number of rotatable bonds is 16. The minimum absolute atomic E-state index is 0.0161. The van der Waals surface area contributed by atoms with Crippen molar-refractivity contribution in [3.8, 4) is 17.4 Å². The number of hydrogen-bond acceptors (Lipinski definition) is 11. The summed E-state index contributed by atoms with van der Waals surface area (Å²) in [4.78, 5) is 16.4. The Balaban J connectivity index is 2.40. The molecule has 228 valence electrons. The van der Waals surface area contributed by atoms with Gasteiger partial charge in [0.1, 0.15) is 18.1 Å². The summed E-state index contributed by atoms with van der Waals surface area (Å²) in [7, 11) is -10.6. The molecule has 0 fully saturated rings. The summed E-state index contributed by atoms with van der Waals surface area (Å²) < 4.78 is 91.6. The van der Waals surface area contributed by atoms with Crippen LogP contribution < -0.4 is 17.9 Å². The van der Waals surface area contributed by atoms with Crippen molar-refractivity contribution in [3.63, 3.8) is 0 Å². The summed E-state index contributed by atoms with van der Waals surface area (Å²) in [5.41, 5.74) is 0.464. The lowest BCUT2D eigenvalue weighted by Gasteiger charge is -2.20. The first-order valence-electron chi connectivity index (χ1n) is 12.4. The molecule has 2 aromatic rings. The number of benzene rings is 1. The van der Waals surface area contributed by atoms with Gasteiger partial charge in [-0.15, -0.1) is 0 Å². The highest BCUT2D eigenvalue weighted by Gasteiger charge is 2.28. The number of pyridine rings is 1. The van der Waals surface area contributed by atoms with Gasteiger partial charge in [-0.2, -0.15) is 3.71 Å². The molecule has 0 aliphatic heterocycles. The first-order valence-corrected chi connectivity index (χ1v) is 17.8. The number of unbranched alkanes of at least 4 members (excludes halogenated alkanes) is 2. The van der Waals surface area contributed by atoms with E-state index in [-0.39, 0.29) is 33.4 Å². The molecule has 0 bridgehead atoms. The maximum Gasteiger partial charge on any atom is 0.257 e. The quantitative estimate of drug-likeness (QED) is 0.212. The van der Waals surface area contributed by atoms with Crippen LogP contribution in [0.3, 0.4) is 0 Å². The first kappa shape index (κ1) is 34.0. The summed E-state index contributed by atoms with van der Waals surface area (Å²) in [5, 5.41) is 0. The van der Waals surface area contributed by atoms with E-state index in [4.69, 9.17) is 14.2 Å². The van der Waals surface area contributed by atoms with Gasteiger partial charge in [0.2, 0.25) is 35.9 Å². The molecular weight excluding hydrogens is 598 g/mol. The Bertz CT molecular complexity index is 1540. The Morgan fingerprint density at radius 3 is 2.29 bits per heavy atom. The second-order valence-electron chi connectivity index (χ2n) is 9.01. The van der Waals surface area contributed by atoms with Gasteiger partial charge in [-0.25, -0.2) is 35.0 Å². The zero-order valence-electron chi connectivity index (χ0n) is 23.5. The van der Waals surface area contributed by atoms with Gasteiger partial charge >= 0.3 is 0 Å². The summed E-state index contributed by atoms with van der Waals surface area (Å²) in [6, 6.07) is 6.00. The van der Waals surface area contributed by atoms with Crippen molar-refractivity contribution in [2.45, 2.75) is 33.1 Å². The number of carbonyl (C=O) groups excluding carboxylic acids is 1. The minimum atomic E-state index is -4.18. The number of aromatic nitrogens is 1. The lowest BCUT2D eigenvalue weighted by molar-refractivity contribution is -0.114. The predicted molar refractivity (Wildman–Crippen MR) is 156 cm³/mol. The van der Waals surface area contributed by atoms with Crippen LogP contribution in [0.25, 0.3) is 6.08 Å². The van der Waals surface area contributed by atoms with Crippen molar-refractivity contribution in [3.05, 3.63) is 47.7 Å². The standard InChI is InChI=1S/C25H35N3O10S3/c1-6-7-8-15-41(34,35)27-24(29)12-10-20-9-11-22(37-14-13-36-3)17-23(20)38-25-19(2)16-21(18-26-25)28(39(4,30)31)40(5,32)33/h9-12,16-18H,6-8,13-15H2,1-5H3,(H,27,29)/b12-10+. The van der Waals surface area contributed by atoms with Crippen LogP contribution in [0.5, 0.6) is 17.4 Å². The molecule has 41 heavy (non-hydrogen) atoms. The summed E-state index contributed by atoms with van der Waals surface area (Å²) >= 11 is 0. The minimum Gasteiger partial charge on any atom is -0.491 e. The van der Waals surface area contributed by atoms with Gasteiger partial charge in [0.25, 0.3) is 5.91 Å². The van der Waals surface area contributed by atoms with E-state index in [0.29, 0.717) is 29.9 Å². The average Bonchev–Trinajstić information content (AvgIpc) is 2.83. The Labute approximate surface area is 241 Å². The van der Waals surface area contributed by atoms with Crippen molar-refractivity contribution in [2.75, 3.05) is 42.3 Å². The Kier molecular flexibility index (Phi) is 12.1. The van der Waals surface area contributed by atoms with Gasteiger partial charge in [-0.3, -0.25) is 4.79 Å². The van der Waals surface area contributed by atoms with E-state index in [1.165, 1.54) is 25.3 Å². The first-order chi connectivity index (χ1) is 19.1. The number of nitrogens with one attached hydrogen (secondary N) is 1. The number of sulfonamides is 3. The number of nitrogens with zero attached hydrogens (tertiary/aromatic N) is 2. The number of methoxy groups -OCH3 is 1. The summed E-state index contributed by atoms with van der Waals surface area (Å²) in [6.45, 7) is 4.04. The number of amides is 1. The van der Waals surface area contributed by atoms with Crippen molar-refractivity contribution in [1.29, 1.82) is 0 Å². The molecule has 0 unspecified atom stereocenters. The fraction of sp³-hybridized carbons (Fsp3) is 0.440. The zero-order valence-corrected chi connectivity index (χ0v) is 25.9. The molecule has 16 heteroatoms. The molecule has 2 rings (SSSR count). The topological polar surface area (TPSA) is 175 Å². The second kappa shape index (κ2) is 14.6. The van der Waals surface area contributed by atoms with Crippen molar-refractivity contribution in [1.82, 2.24) is 9.71 Å². The van der Waals surface area contributed by atoms with Gasteiger partial charge in [0.05, 0.1) is 36.8 Å². The molecule has 1 heterocycles. The van der Waals surface area contributed by atoms with E-state index in [1.807, 2.05) is 11.6 Å². The molecule has 0 radical (unpaired) electrons. The van der Waals surface area contributed by atoms with E-state index in [1.54, 1.807) is 19.1 Å². The molecule has 13 nitrogen and oxygen atoms in total. The third-order valence-corrected chi connectivity index (χ3v) is 9.85. The number of hydrogen-bond donors (Lipinski definition) is 1. The number of ether oxygens (including phenoxy) is 3. The molecule has 1 N–H and O–H groups in total. The highest BCUT2D eigenvalue weighted by molar-refractivity contribution is 8.09. The number of anilines is 1. The van der Waals surface area contributed by atoms with Gasteiger partial charge in [0.15, 0.2) is 0 Å². The molecule has 0 spiro atoms. The number of carbonyl (C=O) groups is 1. The van der Waals surface area contributed by atoms with Crippen LogP contribution in [0.1, 0.15) is 37.3 Å². The predicted octanol–water partition coefficient (Wildman–Crippen LogP) is 2.58. The smallest absolute Gasteiger partial charge is 0.257 e. The van der Waals surface area contributed by atoms with Crippen LogP contribution >= 0.6 is 0 Å². The summed E-state index contributed by atoms with van der Waals surface area (Å²) in [6.07, 6.45) is 6.94. The lowest BCUT2D eigenvalue weighted by Crippen LogP contribution is -2.35. The third-order valence-electron chi connectivity index (χ3n) is 5.26. The molecule has 0 saturated carbocycles. The number of aryl methyl sites for hydroxylation is 1. The van der Waals surface area contributed by atoms with Gasteiger partial charge in [-0.1, -0.05) is 19.8 Å². The molecular formula is C25H35N3O10S3. The molecule has 0 saturated heterocycles. The van der Waals surface area contributed by atoms with Gasteiger partial charge in [-0.05, 0) is 37.6 Å². The van der Waals surface area contributed by atoms with E-state index in [0.717, 1.165) is 37.6 Å². The lowest BCUT2D eigenvalue weighted by atomic mass is 10.1. The Hall–Kier alpha value is -3.21.